The van der Waals surface area contributed by atoms with Crippen molar-refractivity contribution in [2.24, 2.45) is 5.92 Å². The van der Waals surface area contributed by atoms with Gasteiger partial charge in [-0.2, -0.15) is 13.2 Å². The summed E-state index contributed by atoms with van der Waals surface area (Å²) in [7, 11) is 0. The minimum absolute atomic E-state index is 0.0655. The maximum Gasteiger partial charge on any atom is 0.416 e. The monoisotopic (exact) mass is 390 g/mol. The van der Waals surface area contributed by atoms with E-state index in [-0.39, 0.29) is 37.8 Å². The van der Waals surface area contributed by atoms with Gasteiger partial charge in [0, 0.05) is 38.4 Å². The molecule has 0 spiro atoms. The normalized spacial score (nSPS) is 22.0. The summed E-state index contributed by atoms with van der Waals surface area (Å²) in [5.74, 6) is -2.93. The molecule has 1 amide bonds. The molecule has 0 aromatic heterocycles. The Hall–Kier alpha value is -1.70. The molecular weight excluding hydrogens is 367 g/mol. The van der Waals surface area contributed by atoms with Gasteiger partial charge in [0.25, 0.3) is 5.92 Å². The first-order valence-corrected chi connectivity index (χ1v) is 9.19. The van der Waals surface area contributed by atoms with Crippen LogP contribution in [0.5, 0.6) is 0 Å². The highest BCUT2D eigenvalue weighted by Crippen LogP contribution is 2.31. The molecule has 2 saturated heterocycles. The molecule has 0 bridgehead atoms. The largest absolute Gasteiger partial charge is 0.416 e. The number of hydrogen-bond donors (Lipinski definition) is 0. The fourth-order valence-corrected chi connectivity index (χ4v) is 3.75. The molecule has 0 N–H and O–H groups in total. The maximum atomic E-state index is 13.2. The van der Waals surface area contributed by atoms with E-state index in [0.29, 0.717) is 38.0 Å². The van der Waals surface area contributed by atoms with E-state index in [0.717, 1.165) is 12.1 Å². The standard InChI is InChI=1S/C19H23F5N2O/c20-18(21)6-10-26(11-7-18)17(27)15-4-8-25(9-5-15)13-14-2-1-3-16(12-14)19(22,23)24/h1-3,12,15H,4-11,13H2. The molecule has 0 saturated carbocycles. The quantitative estimate of drug-likeness (QED) is 0.723. The summed E-state index contributed by atoms with van der Waals surface area (Å²) in [6.45, 7) is 1.81. The molecule has 8 heteroatoms. The van der Waals surface area contributed by atoms with Gasteiger partial charge in [0.1, 0.15) is 0 Å². The van der Waals surface area contributed by atoms with Crippen LogP contribution in [-0.2, 0) is 17.5 Å². The van der Waals surface area contributed by atoms with Crippen molar-refractivity contribution in [3.05, 3.63) is 35.4 Å². The van der Waals surface area contributed by atoms with E-state index in [1.54, 1.807) is 6.07 Å². The second-order valence-electron chi connectivity index (χ2n) is 7.43. The lowest BCUT2D eigenvalue weighted by Gasteiger charge is -2.37. The van der Waals surface area contributed by atoms with Crippen LogP contribution >= 0.6 is 0 Å². The van der Waals surface area contributed by atoms with E-state index >= 15 is 0 Å². The molecule has 2 heterocycles. The number of halogens is 5. The van der Waals surface area contributed by atoms with Gasteiger partial charge in [0.05, 0.1) is 5.56 Å². The molecule has 0 atom stereocenters. The Morgan fingerprint density at radius 1 is 1.07 bits per heavy atom. The molecule has 0 unspecified atom stereocenters. The Labute approximate surface area is 155 Å². The Balaban J connectivity index is 1.50. The third-order valence-electron chi connectivity index (χ3n) is 5.40. The third-order valence-corrected chi connectivity index (χ3v) is 5.40. The summed E-state index contributed by atoms with van der Waals surface area (Å²) < 4.78 is 64.9. The number of amides is 1. The minimum Gasteiger partial charge on any atom is -0.342 e. The average molecular weight is 390 g/mol. The van der Waals surface area contributed by atoms with Gasteiger partial charge >= 0.3 is 6.18 Å². The summed E-state index contributed by atoms with van der Waals surface area (Å²) in [5, 5.41) is 0. The number of nitrogens with zero attached hydrogens (tertiary/aromatic N) is 2. The predicted molar refractivity (Wildman–Crippen MR) is 90.2 cm³/mol. The molecule has 3 nitrogen and oxygen atoms in total. The van der Waals surface area contributed by atoms with E-state index in [9.17, 15) is 26.7 Å². The number of hydrogen-bond acceptors (Lipinski definition) is 2. The Morgan fingerprint density at radius 3 is 2.30 bits per heavy atom. The number of alkyl halides is 5. The highest BCUT2D eigenvalue weighted by molar-refractivity contribution is 5.79. The molecule has 3 rings (SSSR count). The molecular formula is C19H23F5N2O. The van der Waals surface area contributed by atoms with Crippen LogP contribution in [0.3, 0.4) is 0 Å². The van der Waals surface area contributed by atoms with Gasteiger partial charge in [-0.1, -0.05) is 18.2 Å². The first-order valence-electron chi connectivity index (χ1n) is 9.19. The van der Waals surface area contributed by atoms with Crippen molar-refractivity contribution in [2.75, 3.05) is 26.2 Å². The Morgan fingerprint density at radius 2 is 1.70 bits per heavy atom. The summed E-state index contributed by atoms with van der Waals surface area (Å²) in [4.78, 5) is 16.1. The summed E-state index contributed by atoms with van der Waals surface area (Å²) >= 11 is 0. The number of carbonyl (C=O) groups is 1. The average Bonchev–Trinajstić information content (AvgIpc) is 2.61. The maximum absolute atomic E-state index is 13.2. The van der Waals surface area contributed by atoms with Crippen LogP contribution in [0.25, 0.3) is 0 Å². The fraction of sp³-hybridized carbons (Fsp3) is 0.632. The summed E-state index contributed by atoms with van der Waals surface area (Å²) in [5.41, 5.74) is -0.0696. The highest BCUT2D eigenvalue weighted by atomic mass is 19.4. The fourth-order valence-electron chi connectivity index (χ4n) is 3.75. The van der Waals surface area contributed by atoms with Crippen LogP contribution in [-0.4, -0.2) is 47.8 Å². The molecule has 1 aromatic carbocycles. The zero-order chi connectivity index (χ0) is 19.7. The van der Waals surface area contributed by atoms with Crippen molar-refractivity contribution in [1.82, 2.24) is 9.80 Å². The summed E-state index contributed by atoms with van der Waals surface area (Å²) in [6, 6.07) is 5.28. The van der Waals surface area contributed by atoms with E-state index in [2.05, 4.69) is 0 Å². The smallest absolute Gasteiger partial charge is 0.342 e. The lowest BCUT2D eigenvalue weighted by molar-refractivity contribution is -0.143. The minimum atomic E-state index is -4.36. The zero-order valence-electron chi connectivity index (χ0n) is 14.9. The van der Waals surface area contributed by atoms with Crippen LogP contribution in [0, 0.1) is 5.92 Å². The Bertz CT molecular complexity index is 658. The van der Waals surface area contributed by atoms with Gasteiger partial charge in [-0.25, -0.2) is 8.78 Å². The number of carbonyl (C=O) groups excluding carboxylic acids is 1. The van der Waals surface area contributed by atoms with Crippen molar-refractivity contribution >= 4 is 5.91 Å². The van der Waals surface area contributed by atoms with Crippen LogP contribution < -0.4 is 0 Å². The van der Waals surface area contributed by atoms with E-state index < -0.39 is 17.7 Å². The van der Waals surface area contributed by atoms with Crippen molar-refractivity contribution in [2.45, 2.75) is 44.3 Å². The van der Waals surface area contributed by atoms with E-state index in [1.165, 1.54) is 11.0 Å². The van der Waals surface area contributed by atoms with Gasteiger partial charge in [-0.15, -0.1) is 0 Å². The third kappa shape index (κ3) is 5.18. The molecule has 0 aliphatic carbocycles. The van der Waals surface area contributed by atoms with Crippen LogP contribution in [0.2, 0.25) is 0 Å². The molecule has 1 aromatic rings. The highest BCUT2D eigenvalue weighted by Gasteiger charge is 2.38. The molecule has 2 fully saturated rings. The molecule has 2 aliphatic rings. The van der Waals surface area contributed by atoms with Crippen molar-refractivity contribution in [3.63, 3.8) is 0 Å². The predicted octanol–water partition coefficient (Wildman–Crippen LogP) is 4.18. The van der Waals surface area contributed by atoms with Gasteiger partial charge in [0.15, 0.2) is 0 Å². The van der Waals surface area contributed by atoms with Crippen molar-refractivity contribution < 1.29 is 26.7 Å². The van der Waals surface area contributed by atoms with Crippen LogP contribution in [0.15, 0.2) is 24.3 Å². The second kappa shape index (κ2) is 7.73. The van der Waals surface area contributed by atoms with Crippen LogP contribution in [0.1, 0.15) is 36.8 Å². The van der Waals surface area contributed by atoms with Gasteiger partial charge in [0.2, 0.25) is 5.91 Å². The van der Waals surface area contributed by atoms with Crippen molar-refractivity contribution in [3.8, 4) is 0 Å². The second-order valence-corrected chi connectivity index (χ2v) is 7.43. The lowest BCUT2D eigenvalue weighted by atomic mass is 9.93. The van der Waals surface area contributed by atoms with Gasteiger partial charge in [-0.3, -0.25) is 9.69 Å². The summed E-state index contributed by atoms with van der Waals surface area (Å²) in [6.07, 6.45) is -3.73. The zero-order valence-corrected chi connectivity index (χ0v) is 14.9. The number of likely N-dealkylation sites (tertiary alicyclic amines) is 2. The van der Waals surface area contributed by atoms with Crippen LogP contribution in [0.4, 0.5) is 22.0 Å². The SMILES string of the molecule is O=C(C1CCN(Cc2cccc(C(F)(F)F)c2)CC1)N1CCC(F)(F)CC1. The number of rotatable bonds is 3. The van der Waals surface area contributed by atoms with E-state index in [1.807, 2.05) is 4.90 Å². The number of benzene rings is 1. The van der Waals surface area contributed by atoms with E-state index in [4.69, 9.17) is 0 Å². The number of piperidine rings is 2. The topological polar surface area (TPSA) is 23.6 Å². The first-order chi connectivity index (χ1) is 12.6. The first kappa shape index (κ1) is 20.0. The molecule has 150 valence electrons. The van der Waals surface area contributed by atoms with Gasteiger partial charge < -0.3 is 4.90 Å². The van der Waals surface area contributed by atoms with Crippen molar-refractivity contribution in [1.29, 1.82) is 0 Å². The van der Waals surface area contributed by atoms with Gasteiger partial charge in [-0.05, 0) is 37.6 Å². The molecule has 2 aliphatic heterocycles. The molecule has 27 heavy (non-hydrogen) atoms. The molecule has 0 radical (unpaired) electrons. The lowest BCUT2D eigenvalue weighted by Crippen LogP contribution is -2.47. The Kier molecular flexibility index (Phi) is 5.74.